The Balaban J connectivity index is 3.63. The molecule has 0 bridgehead atoms. The van der Waals surface area contributed by atoms with Gasteiger partial charge in [-0.25, -0.2) is 0 Å². The molecule has 0 amide bonds. The van der Waals surface area contributed by atoms with Crippen LogP contribution in [0.4, 0.5) is 0 Å². The van der Waals surface area contributed by atoms with Gasteiger partial charge in [-0.15, -0.1) is 12.6 Å². The molecule has 0 heterocycles. The highest BCUT2D eigenvalue weighted by atomic mass is 32.1. The highest BCUT2D eigenvalue weighted by molar-refractivity contribution is 7.80. The van der Waals surface area contributed by atoms with Crippen LogP contribution in [0.25, 0.3) is 0 Å². The summed E-state index contributed by atoms with van der Waals surface area (Å²) in [5.41, 5.74) is -0.168. The van der Waals surface area contributed by atoms with Crippen molar-refractivity contribution in [1.82, 2.24) is 0 Å². The van der Waals surface area contributed by atoms with Gasteiger partial charge in [0.05, 0.1) is 5.44 Å². The standard InChI is InChI=1S/C10H23BO3S/c1-4-6-8-12-11(14-10(3)15)13-9-7-5-2/h10,15H,4-9H2,1-3H3. The summed E-state index contributed by atoms with van der Waals surface area (Å²) < 4.78 is 16.3. The number of hydrogen-bond donors (Lipinski definition) is 1. The lowest BCUT2D eigenvalue weighted by Gasteiger charge is -2.15. The number of thiol groups is 1. The summed E-state index contributed by atoms with van der Waals surface area (Å²) in [5, 5.41) is 0. The summed E-state index contributed by atoms with van der Waals surface area (Å²) in [6.45, 7) is 7.45. The van der Waals surface area contributed by atoms with E-state index in [1.807, 2.05) is 6.92 Å². The summed E-state index contributed by atoms with van der Waals surface area (Å²) in [7, 11) is -0.560. The lowest BCUT2D eigenvalue weighted by molar-refractivity contribution is 0.0874. The molecule has 90 valence electrons. The normalized spacial score (nSPS) is 12.8. The minimum atomic E-state index is -0.560. The Morgan fingerprint density at radius 2 is 1.53 bits per heavy atom. The first kappa shape index (κ1) is 15.3. The first-order valence-corrected chi connectivity index (χ1v) is 6.29. The highest BCUT2D eigenvalue weighted by Gasteiger charge is 2.22. The van der Waals surface area contributed by atoms with Gasteiger partial charge in [0.25, 0.3) is 0 Å². The molecule has 0 spiro atoms. The smallest absolute Gasteiger partial charge is 0.386 e. The molecule has 0 aromatic heterocycles. The van der Waals surface area contributed by atoms with Crippen molar-refractivity contribution in [1.29, 1.82) is 0 Å². The van der Waals surface area contributed by atoms with Gasteiger partial charge in [-0.05, 0) is 19.8 Å². The van der Waals surface area contributed by atoms with Crippen LogP contribution in [0.3, 0.4) is 0 Å². The van der Waals surface area contributed by atoms with Gasteiger partial charge in [0.15, 0.2) is 0 Å². The number of unbranched alkanes of at least 4 members (excludes halogenated alkanes) is 2. The van der Waals surface area contributed by atoms with E-state index in [0.717, 1.165) is 25.7 Å². The monoisotopic (exact) mass is 234 g/mol. The van der Waals surface area contributed by atoms with Crippen molar-refractivity contribution in [3.8, 4) is 0 Å². The molecule has 0 aliphatic rings. The van der Waals surface area contributed by atoms with Crippen molar-refractivity contribution in [3.63, 3.8) is 0 Å². The fourth-order valence-corrected chi connectivity index (χ4v) is 1.03. The van der Waals surface area contributed by atoms with E-state index in [1.165, 1.54) is 0 Å². The van der Waals surface area contributed by atoms with E-state index in [-0.39, 0.29) is 5.44 Å². The predicted octanol–water partition coefficient (Wildman–Crippen LogP) is 2.90. The zero-order chi connectivity index (χ0) is 11.5. The molecule has 0 rings (SSSR count). The van der Waals surface area contributed by atoms with Crippen molar-refractivity contribution in [2.45, 2.75) is 51.9 Å². The molecule has 0 N–H and O–H groups in total. The van der Waals surface area contributed by atoms with Crippen LogP contribution < -0.4 is 0 Å². The molecule has 15 heavy (non-hydrogen) atoms. The second kappa shape index (κ2) is 10.8. The Morgan fingerprint density at radius 3 is 1.87 bits per heavy atom. The van der Waals surface area contributed by atoms with Gasteiger partial charge in [0.2, 0.25) is 0 Å². The minimum absolute atomic E-state index is 0.168. The van der Waals surface area contributed by atoms with Crippen molar-refractivity contribution < 1.29 is 14.0 Å². The van der Waals surface area contributed by atoms with E-state index in [9.17, 15) is 0 Å². The van der Waals surface area contributed by atoms with Gasteiger partial charge < -0.3 is 14.0 Å². The van der Waals surface area contributed by atoms with E-state index >= 15 is 0 Å². The van der Waals surface area contributed by atoms with Crippen LogP contribution in [0.5, 0.6) is 0 Å². The van der Waals surface area contributed by atoms with Gasteiger partial charge in [-0.3, -0.25) is 0 Å². The fourth-order valence-electron chi connectivity index (χ4n) is 0.935. The van der Waals surface area contributed by atoms with Gasteiger partial charge in [-0.2, -0.15) is 0 Å². The molecule has 0 aliphatic heterocycles. The second-order valence-corrected chi connectivity index (χ2v) is 4.20. The van der Waals surface area contributed by atoms with Gasteiger partial charge in [-0.1, -0.05) is 26.7 Å². The summed E-state index contributed by atoms with van der Waals surface area (Å²) in [4.78, 5) is 0. The molecule has 0 fully saturated rings. The van der Waals surface area contributed by atoms with E-state index in [0.29, 0.717) is 13.2 Å². The second-order valence-electron chi connectivity index (χ2n) is 3.47. The molecule has 0 saturated heterocycles. The third kappa shape index (κ3) is 10.6. The third-order valence-electron chi connectivity index (χ3n) is 1.81. The van der Waals surface area contributed by atoms with E-state index in [2.05, 4.69) is 26.5 Å². The van der Waals surface area contributed by atoms with Crippen molar-refractivity contribution >= 4 is 20.0 Å². The van der Waals surface area contributed by atoms with Crippen LogP contribution in [0.2, 0.25) is 0 Å². The van der Waals surface area contributed by atoms with Crippen LogP contribution in [0.15, 0.2) is 0 Å². The molecular weight excluding hydrogens is 211 g/mol. The summed E-state index contributed by atoms with van der Waals surface area (Å²) >= 11 is 4.15. The molecule has 0 aromatic rings. The summed E-state index contributed by atoms with van der Waals surface area (Å²) in [5.74, 6) is 0. The fraction of sp³-hybridized carbons (Fsp3) is 1.00. The van der Waals surface area contributed by atoms with E-state index in [1.54, 1.807) is 0 Å². The van der Waals surface area contributed by atoms with Crippen LogP contribution >= 0.6 is 12.6 Å². The SMILES string of the molecule is CCCCOB(OCCCC)OC(C)S. The van der Waals surface area contributed by atoms with Crippen LogP contribution in [-0.4, -0.2) is 26.0 Å². The Hall–Kier alpha value is 0.295. The first-order chi connectivity index (χ1) is 7.20. The lowest BCUT2D eigenvalue weighted by atomic mass is 10.2. The average Bonchev–Trinajstić information content (AvgIpc) is 2.17. The molecule has 1 atom stereocenters. The number of rotatable bonds is 10. The molecule has 0 aromatic carbocycles. The van der Waals surface area contributed by atoms with Gasteiger partial charge >= 0.3 is 7.32 Å². The lowest BCUT2D eigenvalue weighted by Crippen LogP contribution is -2.30. The molecule has 0 saturated carbocycles. The van der Waals surface area contributed by atoms with Gasteiger partial charge in [0, 0.05) is 13.2 Å². The van der Waals surface area contributed by atoms with Crippen molar-refractivity contribution in [2.24, 2.45) is 0 Å². The molecule has 3 nitrogen and oxygen atoms in total. The number of hydrogen-bond acceptors (Lipinski definition) is 4. The topological polar surface area (TPSA) is 27.7 Å². The molecule has 0 aliphatic carbocycles. The quantitative estimate of drug-likeness (QED) is 0.272. The van der Waals surface area contributed by atoms with Crippen LogP contribution in [0, 0.1) is 0 Å². The average molecular weight is 234 g/mol. The Kier molecular flexibility index (Phi) is 11.0. The molecular formula is C10H23BO3S. The Labute approximate surface area is 99.4 Å². The first-order valence-electron chi connectivity index (χ1n) is 5.77. The highest BCUT2D eigenvalue weighted by Crippen LogP contribution is 2.04. The molecule has 5 heteroatoms. The van der Waals surface area contributed by atoms with Crippen molar-refractivity contribution in [3.05, 3.63) is 0 Å². The summed E-state index contributed by atoms with van der Waals surface area (Å²) in [6, 6.07) is 0. The zero-order valence-electron chi connectivity index (χ0n) is 10.1. The third-order valence-corrected chi connectivity index (χ3v) is 1.93. The Bertz CT molecular complexity index is 126. The van der Waals surface area contributed by atoms with Gasteiger partial charge in [0.1, 0.15) is 0 Å². The Morgan fingerprint density at radius 1 is 1.07 bits per heavy atom. The maximum Gasteiger partial charge on any atom is 0.640 e. The molecule has 1 unspecified atom stereocenters. The maximum absolute atomic E-state index is 5.45. The predicted molar refractivity (Wildman–Crippen MR) is 67.0 cm³/mol. The largest absolute Gasteiger partial charge is 0.640 e. The van der Waals surface area contributed by atoms with E-state index < -0.39 is 7.32 Å². The maximum atomic E-state index is 5.45. The minimum Gasteiger partial charge on any atom is -0.386 e. The van der Waals surface area contributed by atoms with Crippen LogP contribution in [-0.2, 0) is 14.0 Å². The summed E-state index contributed by atoms with van der Waals surface area (Å²) in [6.07, 6.45) is 4.27. The zero-order valence-corrected chi connectivity index (χ0v) is 11.0. The van der Waals surface area contributed by atoms with Crippen LogP contribution in [0.1, 0.15) is 46.5 Å². The van der Waals surface area contributed by atoms with Crippen molar-refractivity contribution in [2.75, 3.05) is 13.2 Å². The molecule has 0 radical (unpaired) electrons. The van der Waals surface area contributed by atoms with E-state index in [4.69, 9.17) is 14.0 Å².